The number of rotatable bonds is 8. The van der Waals surface area contributed by atoms with E-state index in [1.165, 1.54) is 16.4 Å². The van der Waals surface area contributed by atoms with E-state index in [2.05, 4.69) is 10.6 Å². The molecule has 0 bridgehead atoms. The number of amides is 2. The largest absolute Gasteiger partial charge is 0.379 e. The Kier molecular flexibility index (Phi) is 8.00. The Bertz CT molecular complexity index is 1060. The summed E-state index contributed by atoms with van der Waals surface area (Å²) in [4.78, 5) is 24.7. The molecule has 0 spiro atoms. The van der Waals surface area contributed by atoms with Gasteiger partial charge in [0, 0.05) is 37.3 Å². The molecular formula is C23H29N3O5S. The third-order valence-corrected chi connectivity index (χ3v) is 6.86. The van der Waals surface area contributed by atoms with Crippen LogP contribution in [0.2, 0.25) is 0 Å². The number of ether oxygens (including phenoxy) is 1. The summed E-state index contributed by atoms with van der Waals surface area (Å²) in [5.74, 6) is -0.168. The standard InChI is InChI=1S/C23H29N3O5S/c1-17(2)13-22(27)25-20-7-3-5-18(14-20)16-24-23(28)19-6-4-8-21(15-19)32(29,30)26-9-11-31-12-10-26/h3-8,14-15,17H,9-13,16H2,1-2H3,(H,24,28)(H,25,27). The van der Waals surface area contributed by atoms with Gasteiger partial charge in [0.15, 0.2) is 0 Å². The van der Waals surface area contributed by atoms with Gasteiger partial charge in [-0.25, -0.2) is 8.42 Å². The molecule has 1 aliphatic heterocycles. The van der Waals surface area contributed by atoms with Crippen LogP contribution in [0.3, 0.4) is 0 Å². The lowest BCUT2D eigenvalue weighted by Gasteiger charge is -2.26. The first-order chi connectivity index (χ1) is 15.3. The van der Waals surface area contributed by atoms with Crippen molar-refractivity contribution in [3.8, 4) is 0 Å². The predicted octanol–water partition coefficient (Wildman–Crippen LogP) is 2.62. The molecule has 1 fully saturated rings. The maximum absolute atomic E-state index is 12.8. The Morgan fingerprint density at radius 1 is 1.06 bits per heavy atom. The zero-order valence-electron chi connectivity index (χ0n) is 18.3. The van der Waals surface area contributed by atoms with Crippen LogP contribution < -0.4 is 10.6 Å². The van der Waals surface area contributed by atoms with E-state index in [0.29, 0.717) is 38.4 Å². The summed E-state index contributed by atoms with van der Waals surface area (Å²) >= 11 is 0. The van der Waals surface area contributed by atoms with Crippen molar-refractivity contribution in [2.24, 2.45) is 5.92 Å². The van der Waals surface area contributed by atoms with Crippen LogP contribution in [-0.2, 0) is 26.1 Å². The maximum Gasteiger partial charge on any atom is 0.251 e. The minimum atomic E-state index is -3.68. The van der Waals surface area contributed by atoms with Crippen molar-refractivity contribution in [2.45, 2.75) is 31.7 Å². The Hall–Kier alpha value is -2.75. The molecule has 2 N–H and O–H groups in total. The number of sulfonamides is 1. The number of nitrogens with zero attached hydrogens (tertiary/aromatic N) is 1. The van der Waals surface area contributed by atoms with Crippen molar-refractivity contribution in [3.63, 3.8) is 0 Å². The topological polar surface area (TPSA) is 105 Å². The van der Waals surface area contributed by atoms with Gasteiger partial charge in [0.25, 0.3) is 5.91 Å². The predicted molar refractivity (Wildman–Crippen MR) is 122 cm³/mol. The summed E-state index contributed by atoms with van der Waals surface area (Å²) in [6, 6.07) is 13.3. The van der Waals surface area contributed by atoms with Gasteiger partial charge in [0.05, 0.1) is 18.1 Å². The lowest BCUT2D eigenvalue weighted by Crippen LogP contribution is -2.40. The zero-order valence-corrected chi connectivity index (χ0v) is 19.2. The van der Waals surface area contributed by atoms with E-state index < -0.39 is 10.0 Å². The van der Waals surface area contributed by atoms with E-state index in [9.17, 15) is 18.0 Å². The SMILES string of the molecule is CC(C)CC(=O)Nc1cccc(CNC(=O)c2cccc(S(=O)(=O)N3CCOCC3)c2)c1. The fourth-order valence-electron chi connectivity index (χ4n) is 3.36. The molecule has 9 heteroatoms. The van der Waals surface area contributed by atoms with Crippen LogP contribution in [0.4, 0.5) is 5.69 Å². The van der Waals surface area contributed by atoms with E-state index in [1.807, 2.05) is 26.0 Å². The molecule has 1 aliphatic rings. The molecular weight excluding hydrogens is 430 g/mol. The lowest BCUT2D eigenvalue weighted by molar-refractivity contribution is -0.116. The smallest absolute Gasteiger partial charge is 0.251 e. The van der Waals surface area contributed by atoms with Gasteiger partial charge in [-0.15, -0.1) is 0 Å². The highest BCUT2D eigenvalue weighted by Gasteiger charge is 2.26. The molecule has 0 atom stereocenters. The van der Waals surface area contributed by atoms with Crippen LogP contribution in [-0.4, -0.2) is 50.8 Å². The van der Waals surface area contributed by atoms with Crippen LogP contribution in [0, 0.1) is 5.92 Å². The second-order valence-electron chi connectivity index (χ2n) is 8.07. The lowest BCUT2D eigenvalue weighted by atomic mass is 10.1. The maximum atomic E-state index is 12.8. The molecule has 1 heterocycles. The van der Waals surface area contributed by atoms with Crippen molar-refractivity contribution in [3.05, 3.63) is 59.7 Å². The highest BCUT2D eigenvalue weighted by atomic mass is 32.2. The minimum absolute atomic E-state index is 0.0560. The molecule has 0 aliphatic carbocycles. The molecule has 0 radical (unpaired) electrons. The van der Waals surface area contributed by atoms with Gasteiger partial charge in [-0.3, -0.25) is 9.59 Å². The van der Waals surface area contributed by atoms with E-state index in [1.54, 1.807) is 24.3 Å². The summed E-state index contributed by atoms with van der Waals surface area (Å²) in [5.41, 5.74) is 1.75. The molecule has 2 amide bonds. The molecule has 3 rings (SSSR count). The zero-order chi connectivity index (χ0) is 23.1. The monoisotopic (exact) mass is 459 g/mol. The molecule has 0 aromatic heterocycles. The summed E-state index contributed by atoms with van der Waals surface area (Å²) in [6.07, 6.45) is 0.435. The number of hydrogen-bond acceptors (Lipinski definition) is 5. The van der Waals surface area contributed by atoms with Gasteiger partial charge in [0.2, 0.25) is 15.9 Å². The third kappa shape index (κ3) is 6.38. The first-order valence-corrected chi connectivity index (χ1v) is 12.0. The van der Waals surface area contributed by atoms with E-state index in [0.717, 1.165) is 5.56 Å². The molecule has 8 nitrogen and oxygen atoms in total. The van der Waals surface area contributed by atoms with Gasteiger partial charge in [-0.05, 0) is 41.8 Å². The Morgan fingerprint density at radius 2 is 1.78 bits per heavy atom. The second-order valence-corrected chi connectivity index (χ2v) is 10.0. The van der Waals surface area contributed by atoms with Crippen LogP contribution in [0.25, 0.3) is 0 Å². The number of hydrogen-bond donors (Lipinski definition) is 2. The van der Waals surface area contributed by atoms with Crippen molar-refractivity contribution in [1.82, 2.24) is 9.62 Å². The van der Waals surface area contributed by atoms with Crippen molar-refractivity contribution in [1.29, 1.82) is 0 Å². The molecule has 0 unspecified atom stereocenters. The van der Waals surface area contributed by atoms with Gasteiger partial charge < -0.3 is 15.4 Å². The molecule has 32 heavy (non-hydrogen) atoms. The summed E-state index contributed by atoms with van der Waals surface area (Å²) in [6.45, 7) is 5.50. The number of carbonyl (C=O) groups excluding carboxylic acids is 2. The quantitative estimate of drug-likeness (QED) is 0.631. The number of carbonyl (C=O) groups is 2. The highest BCUT2D eigenvalue weighted by molar-refractivity contribution is 7.89. The van der Waals surface area contributed by atoms with Crippen LogP contribution >= 0.6 is 0 Å². The number of anilines is 1. The average molecular weight is 460 g/mol. The Labute approximate surface area is 189 Å². The molecule has 2 aromatic rings. The van der Waals surface area contributed by atoms with Crippen LogP contribution in [0.15, 0.2) is 53.4 Å². The summed E-state index contributed by atoms with van der Waals surface area (Å²) in [7, 11) is -3.68. The number of nitrogens with one attached hydrogen (secondary N) is 2. The molecule has 172 valence electrons. The van der Waals surface area contributed by atoms with E-state index in [-0.39, 0.29) is 34.7 Å². The van der Waals surface area contributed by atoms with Crippen molar-refractivity contribution < 1.29 is 22.7 Å². The highest BCUT2D eigenvalue weighted by Crippen LogP contribution is 2.19. The summed E-state index contributed by atoms with van der Waals surface area (Å²) in [5, 5.41) is 5.66. The summed E-state index contributed by atoms with van der Waals surface area (Å²) < 4.78 is 32.3. The van der Waals surface area contributed by atoms with E-state index >= 15 is 0 Å². The van der Waals surface area contributed by atoms with Gasteiger partial charge >= 0.3 is 0 Å². The first-order valence-electron chi connectivity index (χ1n) is 10.6. The minimum Gasteiger partial charge on any atom is -0.379 e. The number of benzene rings is 2. The first kappa shape index (κ1) is 23.9. The Morgan fingerprint density at radius 3 is 2.50 bits per heavy atom. The Balaban J connectivity index is 1.64. The van der Waals surface area contributed by atoms with E-state index in [4.69, 9.17) is 4.74 Å². The van der Waals surface area contributed by atoms with Gasteiger partial charge in [0.1, 0.15) is 0 Å². The third-order valence-electron chi connectivity index (χ3n) is 4.96. The van der Waals surface area contributed by atoms with Crippen molar-refractivity contribution >= 4 is 27.5 Å². The van der Waals surface area contributed by atoms with Crippen molar-refractivity contribution in [2.75, 3.05) is 31.6 Å². The molecule has 2 aromatic carbocycles. The molecule has 1 saturated heterocycles. The van der Waals surface area contributed by atoms with Crippen LogP contribution in [0.5, 0.6) is 0 Å². The average Bonchev–Trinajstić information content (AvgIpc) is 2.78. The molecule has 0 saturated carbocycles. The van der Waals surface area contributed by atoms with Gasteiger partial charge in [-0.1, -0.05) is 32.0 Å². The number of morpholine rings is 1. The second kappa shape index (κ2) is 10.7. The van der Waals surface area contributed by atoms with Crippen LogP contribution in [0.1, 0.15) is 36.2 Å². The normalized spacial score (nSPS) is 14.8. The fraction of sp³-hybridized carbons (Fsp3) is 0.391. The fourth-order valence-corrected chi connectivity index (χ4v) is 4.81. The van der Waals surface area contributed by atoms with Gasteiger partial charge in [-0.2, -0.15) is 4.31 Å².